The van der Waals surface area contributed by atoms with Crippen LogP contribution in [0.2, 0.25) is 5.02 Å². The van der Waals surface area contributed by atoms with E-state index in [1.54, 1.807) is 42.5 Å². The molecule has 9 heteroatoms. The van der Waals surface area contributed by atoms with E-state index < -0.39 is 0 Å². The summed E-state index contributed by atoms with van der Waals surface area (Å²) in [7, 11) is 0. The molecule has 3 N–H and O–H groups in total. The fourth-order valence-corrected chi connectivity index (χ4v) is 3.24. The lowest BCUT2D eigenvalue weighted by Gasteiger charge is -2.11. The van der Waals surface area contributed by atoms with Gasteiger partial charge in [0.15, 0.2) is 6.61 Å². The molecule has 1 unspecified atom stereocenters. The number of carbonyl (C=O) groups is 3. The van der Waals surface area contributed by atoms with Crippen LogP contribution in [0.15, 0.2) is 42.5 Å². The molecule has 0 saturated carbocycles. The Bertz CT molecular complexity index is 959. The number of carbonyl (C=O) groups excluding carboxylic acids is 3. The van der Waals surface area contributed by atoms with E-state index in [2.05, 4.69) is 16.0 Å². The number of amides is 3. The molecule has 1 aliphatic rings. The number of hydrogen-bond acceptors (Lipinski definition) is 5. The van der Waals surface area contributed by atoms with E-state index in [0.717, 1.165) is 18.4 Å². The molecule has 1 atom stereocenters. The van der Waals surface area contributed by atoms with Crippen molar-refractivity contribution in [2.75, 3.05) is 31.6 Å². The Labute approximate surface area is 191 Å². The summed E-state index contributed by atoms with van der Waals surface area (Å²) in [6, 6.07) is 11.7. The summed E-state index contributed by atoms with van der Waals surface area (Å²) < 4.78 is 10.8. The van der Waals surface area contributed by atoms with Gasteiger partial charge in [-0.3, -0.25) is 14.4 Å². The molecule has 3 rings (SSSR count). The van der Waals surface area contributed by atoms with Crippen molar-refractivity contribution in [1.82, 2.24) is 10.6 Å². The van der Waals surface area contributed by atoms with Crippen LogP contribution in [0.5, 0.6) is 5.75 Å². The van der Waals surface area contributed by atoms with E-state index in [9.17, 15) is 14.4 Å². The third-order valence-corrected chi connectivity index (χ3v) is 5.29. The van der Waals surface area contributed by atoms with Crippen molar-refractivity contribution < 1.29 is 23.9 Å². The first kappa shape index (κ1) is 23.6. The molecule has 2 aromatic carbocycles. The molecule has 1 heterocycles. The van der Waals surface area contributed by atoms with Crippen LogP contribution < -0.4 is 20.7 Å². The average Bonchev–Trinajstić information content (AvgIpc) is 3.33. The molecule has 32 heavy (non-hydrogen) atoms. The predicted molar refractivity (Wildman–Crippen MR) is 121 cm³/mol. The number of rotatable bonds is 9. The number of ether oxygens (including phenoxy) is 2. The second-order valence-electron chi connectivity index (χ2n) is 7.37. The first-order chi connectivity index (χ1) is 15.4. The molecule has 1 fully saturated rings. The number of hydrogen-bond donors (Lipinski definition) is 3. The molecule has 0 bridgehead atoms. The number of halogens is 1. The molecule has 3 amide bonds. The molecule has 8 nitrogen and oxygen atoms in total. The molecule has 1 aliphatic heterocycles. The van der Waals surface area contributed by atoms with E-state index in [1.165, 1.54) is 0 Å². The third-order valence-electron chi connectivity index (χ3n) is 4.86. The van der Waals surface area contributed by atoms with Crippen molar-refractivity contribution in [3.05, 3.63) is 58.6 Å². The summed E-state index contributed by atoms with van der Waals surface area (Å²) in [6.45, 7) is 2.94. The Balaban J connectivity index is 1.37. The van der Waals surface area contributed by atoms with Crippen molar-refractivity contribution in [3.8, 4) is 5.75 Å². The molecule has 0 radical (unpaired) electrons. The van der Waals surface area contributed by atoms with Gasteiger partial charge in [-0.2, -0.15) is 0 Å². The second kappa shape index (κ2) is 11.5. The summed E-state index contributed by atoms with van der Waals surface area (Å²) in [6.07, 6.45) is 1.24. The SMILES string of the molecule is Cc1cc(OCC(=O)Nc2ccc(C(=O)NCCNC(=O)C3CCCO3)cc2)ccc1Cl. The lowest BCUT2D eigenvalue weighted by Crippen LogP contribution is -2.39. The van der Waals surface area contributed by atoms with Crippen LogP contribution >= 0.6 is 11.6 Å². The van der Waals surface area contributed by atoms with E-state index in [-0.39, 0.29) is 30.4 Å². The van der Waals surface area contributed by atoms with Crippen molar-refractivity contribution in [1.29, 1.82) is 0 Å². The van der Waals surface area contributed by atoms with Crippen LogP contribution in [-0.4, -0.2) is 50.1 Å². The van der Waals surface area contributed by atoms with Crippen LogP contribution in [0.1, 0.15) is 28.8 Å². The van der Waals surface area contributed by atoms with E-state index in [4.69, 9.17) is 21.1 Å². The van der Waals surface area contributed by atoms with Crippen molar-refractivity contribution in [2.45, 2.75) is 25.9 Å². The molecule has 0 spiro atoms. The highest BCUT2D eigenvalue weighted by atomic mass is 35.5. The maximum absolute atomic E-state index is 12.2. The molecule has 1 saturated heterocycles. The summed E-state index contributed by atoms with van der Waals surface area (Å²) in [5.41, 5.74) is 1.86. The first-order valence-electron chi connectivity index (χ1n) is 10.4. The Morgan fingerprint density at radius 2 is 1.84 bits per heavy atom. The predicted octanol–water partition coefficient (Wildman–Crippen LogP) is 2.69. The van der Waals surface area contributed by atoms with Gasteiger partial charge in [-0.1, -0.05) is 11.6 Å². The zero-order valence-corrected chi connectivity index (χ0v) is 18.5. The van der Waals surface area contributed by atoms with Crippen molar-refractivity contribution in [3.63, 3.8) is 0 Å². The zero-order valence-electron chi connectivity index (χ0n) is 17.8. The highest BCUT2D eigenvalue weighted by molar-refractivity contribution is 6.31. The van der Waals surface area contributed by atoms with Gasteiger partial charge in [0.05, 0.1) is 0 Å². The maximum atomic E-state index is 12.2. The van der Waals surface area contributed by atoms with E-state index >= 15 is 0 Å². The molecule has 0 aliphatic carbocycles. The highest BCUT2D eigenvalue weighted by Gasteiger charge is 2.22. The summed E-state index contributed by atoms with van der Waals surface area (Å²) in [4.78, 5) is 36.2. The monoisotopic (exact) mass is 459 g/mol. The fraction of sp³-hybridized carbons (Fsp3) is 0.348. The van der Waals surface area contributed by atoms with E-state index in [0.29, 0.717) is 41.7 Å². The normalized spacial score (nSPS) is 15.1. The summed E-state index contributed by atoms with van der Waals surface area (Å²) in [5.74, 6) is -0.180. The Morgan fingerprint density at radius 1 is 1.09 bits per heavy atom. The topological polar surface area (TPSA) is 106 Å². The standard InChI is InChI=1S/C23H26ClN3O5/c1-15-13-18(8-9-19(15)24)32-14-21(28)27-17-6-4-16(5-7-17)22(29)25-10-11-26-23(30)20-3-2-12-31-20/h4-9,13,20H,2-3,10-12,14H2,1H3,(H,25,29)(H,26,30)(H,27,28). The Hall–Kier alpha value is -3.10. The van der Waals surface area contributed by atoms with Gasteiger partial charge in [0.2, 0.25) is 5.91 Å². The minimum atomic E-state index is -0.380. The van der Waals surface area contributed by atoms with Crippen molar-refractivity contribution >= 4 is 35.0 Å². The zero-order chi connectivity index (χ0) is 22.9. The largest absolute Gasteiger partial charge is 0.484 e. The maximum Gasteiger partial charge on any atom is 0.262 e. The first-order valence-corrected chi connectivity index (χ1v) is 10.8. The molecule has 2 aromatic rings. The summed E-state index contributed by atoms with van der Waals surface area (Å²) >= 11 is 5.97. The Morgan fingerprint density at radius 3 is 2.53 bits per heavy atom. The molecule has 0 aromatic heterocycles. The Kier molecular flexibility index (Phi) is 8.47. The number of anilines is 1. The van der Waals surface area contributed by atoms with Gasteiger partial charge < -0.3 is 25.4 Å². The molecular weight excluding hydrogens is 434 g/mol. The van der Waals surface area contributed by atoms with Crippen LogP contribution in [0.25, 0.3) is 0 Å². The van der Waals surface area contributed by atoms with E-state index in [1.807, 2.05) is 6.92 Å². The lowest BCUT2D eigenvalue weighted by atomic mass is 10.2. The fourth-order valence-electron chi connectivity index (χ4n) is 3.12. The number of benzene rings is 2. The van der Waals surface area contributed by atoms with Crippen LogP contribution in [0.4, 0.5) is 5.69 Å². The smallest absolute Gasteiger partial charge is 0.262 e. The summed E-state index contributed by atoms with van der Waals surface area (Å²) in [5, 5.41) is 8.84. The van der Waals surface area contributed by atoms with Gasteiger partial charge in [-0.05, 0) is 67.8 Å². The van der Waals surface area contributed by atoms with Crippen molar-refractivity contribution in [2.24, 2.45) is 0 Å². The van der Waals surface area contributed by atoms with Gasteiger partial charge in [0.1, 0.15) is 11.9 Å². The van der Waals surface area contributed by atoms with Gasteiger partial charge in [0, 0.05) is 36.0 Å². The minimum Gasteiger partial charge on any atom is -0.484 e. The van der Waals surface area contributed by atoms with Crippen LogP contribution in [0.3, 0.4) is 0 Å². The van der Waals surface area contributed by atoms with Gasteiger partial charge in [-0.25, -0.2) is 0 Å². The van der Waals surface area contributed by atoms with Gasteiger partial charge in [0.25, 0.3) is 11.8 Å². The second-order valence-corrected chi connectivity index (χ2v) is 7.78. The van der Waals surface area contributed by atoms with Gasteiger partial charge in [-0.15, -0.1) is 0 Å². The lowest BCUT2D eigenvalue weighted by molar-refractivity contribution is -0.130. The average molecular weight is 460 g/mol. The molecule has 170 valence electrons. The molecular formula is C23H26ClN3O5. The quantitative estimate of drug-likeness (QED) is 0.500. The highest BCUT2D eigenvalue weighted by Crippen LogP contribution is 2.21. The number of aryl methyl sites for hydroxylation is 1. The third kappa shape index (κ3) is 6.96. The van der Waals surface area contributed by atoms with Crippen LogP contribution in [0, 0.1) is 6.92 Å². The van der Waals surface area contributed by atoms with Crippen LogP contribution in [-0.2, 0) is 14.3 Å². The van der Waals surface area contributed by atoms with Gasteiger partial charge >= 0.3 is 0 Å². The minimum absolute atomic E-state index is 0.146. The number of nitrogens with one attached hydrogen (secondary N) is 3.